The summed E-state index contributed by atoms with van der Waals surface area (Å²) in [7, 11) is -3.52. The van der Waals surface area contributed by atoms with Crippen LogP contribution < -0.4 is 15.4 Å². The van der Waals surface area contributed by atoms with Crippen LogP contribution in [0.1, 0.15) is 32.6 Å². The molecule has 3 N–H and O–H groups in total. The Hall–Kier alpha value is -2.42. The molecule has 9 heteroatoms. The van der Waals surface area contributed by atoms with Gasteiger partial charge in [0, 0.05) is 23.2 Å². The van der Waals surface area contributed by atoms with E-state index in [0.717, 1.165) is 12.8 Å². The molecule has 1 atom stereocenters. The van der Waals surface area contributed by atoms with E-state index < -0.39 is 16.1 Å². The van der Waals surface area contributed by atoms with Gasteiger partial charge in [-0.2, -0.15) is 0 Å². The Balaban J connectivity index is 1.42. The molecule has 2 aromatic rings. The number of hydrogen-bond acceptors (Lipinski definition) is 4. The summed E-state index contributed by atoms with van der Waals surface area (Å²) < 4.78 is 27.4. The summed E-state index contributed by atoms with van der Waals surface area (Å²) in [4.78, 5) is 25.2. The number of hydrogen-bond donors (Lipinski definition) is 3. The molecule has 1 fully saturated rings. The van der Waals surface area contributed by atoms with Crippen molar-refractivity contribution in [2.24, 2.45) is 11.8 Å². The lowest BCUT2D eigenvalue weighted by molar-refractivity contribution is -0.129. The Morgan fingerprint density at radius 1 is 1.00 bits per heavy atom. The predicted octanol–water partition coefficient (Wildman–Crippen LogP) is 3.57. The smallest absolute Gasteiger partial charge is 0.246 e. The molecular weight excluding hydrogens is 450 g/mol. The van der Waals surface area contributed by atoms with Gasteiger partial charge in [0.15, 0.2) is 0 Å². The number of anilines is 1. The molecule has 1 aliphatic rings. The van der Waals surface area contributed by atoms with Gasteiger partial charge in [-0.05, 0) is 74.9 Å². The van der Waals surface area contributed by atoms with Crippen molar-refractivity contribution < 1.29 is 18.0 Å². The number of sulfonamides is 1. The fourth-order valence-corrected chi connectivity index (χ4v) is 4.98. The molecule has 0 unspecified atom stereocenters. The van der Waals surface area contributed by atoms with E-state index in [2.05, 4.69) is 15.4 Å². The second-order valence-electron chi connectivity index (χ2n) is 8.11. The second kappa shape index (κ2) is 10.9. The predicted molar refractivity (Wildman–Crippen MR) is 125 cm³/mol. The Labute approximate surface area is 194 Å². The van der Waals surface area contributed by atoms with Crippen LogP contribution in [0.5, 0.6) is 0 Å². The monoisotopic (exact) mass is 477 g/mol. The van der Waals surface area contributed by atoms with E-state index in [-0.39, 0.29) is 28.5 Å². The molecule has 0 aromatic heterocycles. The minimum atomic E-state index is -3.52. The van der Waals surface area contributed by atoms with Crippen LogP contribution in [0.4, 0.5) is 5.69 Å². The van der Waals surface area contributed by atoms with Gasteiger partial charge in [0.25, 0.3) is 0 Å². The van der Waals surface area contributed by atoms with Gasteiger partial charge >= 0.3 is 0 Å². The molecule has 0 bridgehead atoms. The van der Waals surface area contributed by atoms with Gasteiger partial charge in [0.2, 0.25) is 21.8 Å². The highest BCUT2D eigenvalue weighted by Crippen LogP contribution is 2.29. The molecular formula is C23H28ClN3O4S. The summed E-state index contributed by atoms with van der Waals surface area (Å²) in [5.41, 5.74) is 0.610. The van der Waals surface area contributed by atoms with Crippen LogP contribution in [0.15, 0.2) is 59.5 Å². The van der Waals surface area contributed by atoms with Gasteiger partial charge in [-0.25, -0.2) is 13.1 Å². The Bertz CT molecular complexity index is 1020. The van der Waals surface area contributed by atoms with Crippen LogP contribution in [0, 0.1) is 11.8 Å². The second-order valence-corrected chi connectivity index (χ2v) is 10.3. The molecule has 0 radical (unpaired) electrons. The lowest BCUT2D eigenvalue weighted by Crippen LogP contribution is -2.45. The highest BCUT2D eigenvalue weighted by atomic mass is 35.5. The fourth-order valence-electron chi connectivity index (χ4n) is 3.72. The summed E-state index contributed by atoms with van der Waals surface area (Å²) in [5, 5.41) is 6.11. The molecule has 172 valence electrons. The quantitative estimate of drug-likeness (QED) is 0.540. The third kappa shape index (κ3) is 6.79. The van der Waals surface area contributed by atoms with Gasteiger partial charge < -0.3 is 10.6 Å². The summed E-state index contributed by atoms with van der Waals surface area (Å²) in [6.07, 6.45) is 2.83. The number of carbonyl (C=O) groups excluding carboxylic acids is 2. The van der Waals surface area contributed by atoms with Crippen molar-refractivity contribution in [3.05, 3.63) is 59.6 Å². The summed E-state index contributed by atoms with van der Waals surface area (Å²) in [5.74, 6) is -0.442. The van der Waals surface area contributed by atoms with E-state index in [1.54, 1.807) is 61.5 Å². The van der Waals surface area contributed by atoms with Crippen molar-refractivity contribution in [3.8, 4) is 0 Å². The molecule has 7 nitrogen and oxygen atoms in total. The van der Waals surface area contributed by atoms with Crippen molar-refractivity contribution in [2.45, 2.75) is 43.5 Å². The first-order chi connectivity index (χ1) is 15.2. The van der Waals surface area contributed by atoms with E-state index in [4.69, 9.17) is 11.6 Å². The first-order valence-corrected chi connectivity index (χ1v) is 12.5. The third-order valence-corrected chi connectivity index (χ3v) is 7.39. The maximum Gasteiger partial charge on any atom is 0.246 e. The standard InChI is InChI=1S/C23H28ClN3O4S/c1-16(22(28)27-20-13-11-19(24)12-14-20)26-23(29)18-9-7-17(8-10-18)15-25-32(30,31)21-5-3-2-4-6-21/h2-6,11-14,16-18,25H,7-10,15H2,1H3,(H,26,29)(H,27,28)/t16-,17?,18?/m1/s1. The third-order valence-electron chi connectivity index (χ3n) is 5.70. The Morgan fingerprint density at radius 2 is 1.62 bits per heavy atom. The fraction of sp³-hybridized carbons (Fsp3) is 0.391. The molecule has 0 saturated heterocycles. The summed E-state index contributed by atoms with van der Waals surface area (Å²) in [6, 6.07) is 14.4. The largest absolute Gasteiger partial charge is 0.344 e. The molecule has 1 saturated carbocycles. The minimum Gasteiger partial charge on any atom is -0.344 e. The van der Waals surface area contributed by atoms with Crippen molar-refractivity contribution in [2.75, 3.05) is 11.9 Å². The number of amides is 2. The van der Waals surface area contributed by atoms with Crippen molar-refractivity contribution in [1.29, 1.82) is 0 Å². The van der Waals surface area contributed by atoms with Crippen LogP contribution >= 0.6 is 11.6 Å². The SMILES string of the molecule is C[C@@H](NC(=O)C1CCC(CNS(=O)(=O)c2ccccc2)CC1)C(=O)Nc1ccc(Cl)cc1. The maximum atomic E-state index is 12.6. The zero-order valence-corrected chi connectivity index (χ0v) is 19.5. The van der Waals surface area contributed by atoms with Gasteiger partial charge in [0.1, 0.15) is 6.04 Å². The van der Waals surface area contributed by atoms with Gasteiger partial charge in [0.05, 0.1) is 4.90 Å². The minimum absolute atomic E-state index is 0.146. The zero-order chi connectivity index (χ0) is 23.1. The number of carbonyl (C=O) groups is 2. The lowest BCUT2D eigenvalue weighted by Gasteiger charge is -2.28. The number of halogens is 1. The molecule has 32 heavy (non-hydrogen) atoms. The van der Waals surface area contributed by atoms with Crippen LogP contribution in [-0.4, -0.2) is 32.8 Å². The Kier molecular flexibility index (Phi) is 8.28. The van der Waals surface area contributed by atoms with Crippen molar-refractivity contribution in [3.63, 3.8) is 0 Å². The topological polar surface area (TPSA) is 104 Å². The molecule has 2 amide bonds. The molecule has 0 spiro atoms. The van der Waals surface area contributed by atoms with E-state index >= 15 is 0 Å². The Morgan fingerprint density at radius 3 is 2.25 bits per heavy atom. The van der Waals surface area contributed by atoms with Crippen LogP contribution in [0.2, 0.25) is 5.02 Å². The highest BCUT2D eigenvalue weighted by molar-refractivity contribution is 7.89. The van der Waals surface area contributed by atoms with Crippen LogP contribution in [0.25, 0.3) is 0 Å². The number of rotatable bonds is 8. The van der Waals surface area contributed by atoms with E-state index in [9.17, 15) is 18.0 Å². The maximum absolute atomic E-state index is 12.6. The van der Waals surface area contributed by atoms with Gasteiger partial charge in [-0.1, -0.05) is 29.8 Å². The van der Waals surface area contributed by atoms with Crippen molar-refractivity contribution in [1.82, 2.24) is 10.0 Å². The van der Waals surface area contributed by atoms with E-state index in [0.29, 0.717) is 30.1 Å². The van der Waals surface area contributed by atoms with Crippen LogP contribution in [-0.2, 0) is 19.6 Å². The molecule has 1 aliphatic carbocycles. The first kappa shape index (κ1) is 24.2. The van der Waals surface area contributed by atoms with Gasteiger partial charge in [-0.3, -0.25) is 9.59 Å². The zero-order valence-electron chi connectivity index (χ0n) is 17.9. The van der Waals surface area contributed by atoms with Crippen molar-refractivity contribution >= 4 is 39.1 Å². The molecule has 0 aliphatic heterocycles. The van der Waals surface area contributed by atoms with E-state index in [1.165, 1.54) is 0 Å². The summed E-state index contributed by atoms with van der Waals surface area (Å²) in [6.45, 7) is 2.00. The molecule has 2 aromatic carbocycles. The number of benzene rings is 2. The number of nitrogens with one attached hydrogen (secondary N) is 3. The molecule has 3 rings (SSSR count). The van der Waals surface area contributed by atoms with E-state index in [1.807, 2.05) is 0 Å². The normalized spacial score (nSPS) is 19.7. The van der Waals surface area contributed by atoms with Crippen LogP contribution in [0.3, 0.4) is 0 Å². The lowest BCUT2D eigenvalue weighted by atomic mass is 9.81. The molecule has 0 heterocycles. The summed E-state index contributed by atoms with van der Waals surface area (Å²) >= 11 is 5.84. The van der Waals surface area contributed by atoms with Gasteiger partial charge in [-0.15, -0.1) is 0 Å². The average molecular weight is 478 g/mol. The first-order valence-electron chi connectivity index (χ1n) is 10.7. The average Bonchev–Trinajstić information content (AvgIpc) is 2.80. The highest BCUT2D eigenvalue weighted by Gasteiger charge is 2.29.